The van der Waals surface area contributed by atoms with Gasteiger partial charge in [-0.15, -0.1) is 0 Å². The topological polar surface area (TPSA) is 32.3 Å². The van der Waals surface area contributed by atoms with Crippen molar-refractivity contribution in [1.29, 1.82) is 0 Å². The Morgan fingerprint density at radius 3 is 2.44 bits per heavy atom. The second-order valence-corrected chi connectivity index (χ2v) is 7.32. The van der Waals surface area contributed by atoms with Gasteiger partial charge in [-0.25, -0.2) is 0 Å². The minimum absolute atomic E-state index is 0.0255. The van der Waals surface area contributed by atoms with Gasteiger partial charge in [0.05, 0.1) is 0 Å². The van der Waals surface area contributed by atoms with E-state index < -0.39 is 0 Å². The lowest BCUT2D eigenvalue weighted by Crippen LogP contribution is -2.29. The van der Waals surface area contributed by atoms with E-state index >= 15 is 0 Å². The van der Waals surface area contributed by atoms with Gasteiger partial charge in [0.25, 0.3) is 5.91 Å². The molecule has 0 aromatic heterocycles. The van der Waals surface area contributed by atoms with E-state index in [-0.39, 0.29) is 5.91 Å². The highest BCUT2D eigenvalue weighted by atomic mass is 16.1. The number of aryl methyl sites for hydroxylation is 2. The quantitative estimate of drug-likeness (QED) is 0.898. The largest absolute Gasteiger partial charge is 0.322 e. The monoisotopic (exact) mass is 334 g/mol. The summed E-state index contributed by atoms with van der Waals surface area (Å²) in [7, 11) is 0. The van der Waals surface area contributed by atoms with Gasteiger partial charge in [0.15, 0.2) is 0 Å². The molecule has 0 unspecified atom stereocenters. The number of fused-ring (bicyclic) bond motifs is 1. The molecule has 1 N–H and O–H groups in total. The molecule has 0 radical (unpaired) electrons. The van der Waals surface area contributed by atoms with Gasteiger partial charge in [-0.1, -0.05) is 24.6 Å². The number of likely N-dealkylation sites (tertiary alicyclic amines) is 1. The fourth-order valence-electron chi connectivity index (χ4n) is 3.99. The molecule has 130 valence electrons. The first-order valence-electron chi connectivity index (χ1n) is 9.52. The molecule has 2 aliphatic rings. The molecule has 4 rings (SSSR count). The molecule has 2 aromatic rings. The number of hydrogen-bond donors (Lipinski definition) is 1. The number of nitrogens with zero attached hydrogens (tertiary/aromatic N) is 1. The average Bonchev–Trinajstić information content (AvgIpc) is 3.11. The van der Waals surface area contributed by atoms with Crippen LogP contribution in [0.1, 0.15) is 52.7 Å². The van der Waals surface area contributed by atoms with Crippen molar-refractivity contribution >= 4 is 11.6 Å². The Bertz CT molecular complexity index is 745. The van der Waals surface area contributed by atoms with Gasteiger partial charge in [0, 0.05) is 17.8 Å². The van der Waals surface area contributed by atoms with E-state index in [0.29, 0.717) is 0 Å². The number of anilines is 1. The third-order valence-electron chi connectivity index (χ3n) is 5.43. The minimum atomic E-state index is -0.0255. The molecule has 0 saturated carbocycles. The Morgan fingerprint density at radius 2 is 1.64 bits per heavy atom. The van der Waals surface area contributed by atoms with E-state index in [1.807, 2.05) is 18.2 Å². The molecule has 0 bridgehead atoms. The highest BCUT2D eigenvalue weighted by Crippen LogP contribution is 2.25. The number of carbonyl (C=O) groups excluding carboxylic acids is 1. The third kappa shape index (κ3) is 3.93. The van der Waals surface area contributed by atoms with Crippen molar-refractivity contribution in [3.63, 3.8) is 0 Å². The predicted octanol–water partition coefficient (Wildman–Crippen LogP) is 4.41. The zero-order valence-corrected chi connectivity index (χ0v) is 14.8. The van der Waals surface area contributed by atoms with Crippen LogP contribution >= 0.6 is 0 Å². The number of nitrogens with one attached hydrogen (secondary N) is 1. The molecule has 25 heavy (non-hydrogen) atoms. The van der Waals surface area contributed by atoms with Gasteiger partial charge in [-0.3, -0.25) is 9.69 Å². The second kappa shape index (κ2) is 7.40. The van der Waals surface area contributed by atoms with Crippen molar-refractivity contribution in [2.24, 2.45) is 0 Å². The van der Waals surface area contributed by atoms with Crippen molar-refractivity contribution < 1.29 is 4.79 Å². The van der Waals surface area contributed by atoms with Gasteiger partial charge >= 0.3 is 0 Å². The molecule has 3 heteroatoms. The summed E-state index contributed by atoms with van der Waals surface area (Å²) in [5.74, 6) is -0.0255. The standard InChI is InChI=1S/C22H26N2O/c25-22(23-21-12-11-18-5-4-6-20(18)15-21)19-9-7-17(8-10-19)16-24-13-2-1-3-14-24/h7-12,15H,1-6,13-14,16H2,(H,23,25). The minimum Gasteiger partial charge on any atom is -0.322 e. The summed E-state index contributed by atoms with van der Waals surface area (Å²) in [6, 6.07) is 14.4. The molecule has 0 atom stereocenters. The lowest BCUT2D eigenvalue weighted by Gasteiger charge is -2.26. The van der Waals surface area contributed by atoms with E-state index in [4.69, 9.17) is 0 Å². The SMILES string of the molecule is O=C(Nc1ccc2c(c1)CCC2)c1ccc(CN2CCCCC2)cc1. The molecule has 1 heterocycles. The molecular formula is C22H26N2O. The number of rotatable bonds is 4. The second-order valence-electron chi connectivity index (χ2n) is 7.32. The Morgan fingerprint density at radius 1 is 0.880 bits per heavy atom. The van der Waals surface area contributed by atoms with Crippen molar-refractivity contribution in [3.8, 4) is 0 Å². The summed E-state index contributed by atoms with van der Waals surface area (Å²) in [5, 5.41) is 3.04. The zero-order valence-electron chi connectivity index (χ0n) is 14.8. The lowest BCUT2D eigenvalue weighted by atomic mass is 10.1. The number of piperidine rings is 1. The van der Waals surface area contributed by atoms with Crippen LogP contribution in [0.25, 0.3) is 0 Å². The molecule has 0 spiro atoms. The maximum atomic E-state index is 12.5. The highest BCUT2D eigenvalue weighted by Gasteiger charge is 2.13. The summed E-state index contributed by atoms with van der Waals surface area (Å²) >= 11 is 0. The summed E-state index contributed by atoms with van der Waals surface area (Å²) < 4.78 is 0. The molecule has 1 amide bonds. The summed E-state index contributed by atoms with van der Waals surface area (Å²) in [6.45, 7) is 3.38. The van der Waals surface area contributed by atoms with Gasteiger partial charge in [0.1, 0.15) is 0 Å². The summed E-state index contributed by atoms with van der Waals surface area (Å²) in [4.78, 5) is 15.0. The van der Waals surface area contributed by atoms with Crippen LogP contribution < -0.4 is 5.32 Å². The number of benzene rings is 2. The van der Waals surface area contributed by atoms with Crippen LogP contribution in [-0.2, 0) is 19.4 Å². The van der Waals surface area contributed by atoms with Crippen LogP contribution in [-0.4, -0.2) is 23.9 Å². The molecule has 1 aliphatic heterocycles. The summed E-state index contributed by atoms with van der Waals surface area (Å²) in [5.41, 5.74) is 5.73. The summed E-state index contributed by atoms with van der Waals surface area (Å²) in [6.07, 6.45) is 7.50. The fraction of sp³-hybridized carbons (Fsp3) is 0.409. The van der Waals surface area contributed by atoms with Crippen LogP contribution in [0.2, 0.25) is 0 Å². The van der Waals surface area contributed by atoms with Gasteiger partial charge in [-0.2, -0.15) is 0 Å². The van der Waals surface area contributed by atoms with E-state index in [1.54, 1.807) is 0 Å². The van der Waals surface area contributed by atoms with E-state index in [9.17, 15) is 4.79 Å². The van der Waals surface area contributed by atoms with Crippen LogP contribution in [0.3, 0.4) is 0 Å². The third-order valence-corrected chi connectivity index (χ3v) is 5.43. The van der Waals surface area contributed by atoms with E-state index in [1.165, 1.54) is 61.9 Å². The van der Waals surface area contributed by atoms with E-state index in [2.05, 4.69) is 34.5 Å². The number of hydrogen-bond acceptors (Lipinski definition) is 2. The van der Waals surface area contributed by atoms with Crippen molar-refractivity contribution in [2.75, 3.05) is 18.4 Å². The maximum Gasteiger partial charge on any atom is 0.255 e. The maximum absolute atomic E-state index is 12.5. The number of amides is 1. The van der Waals surface area contributed by atoms with Crippen LogP contribution in [0.15, 0.2) is 42.5 Å². The van der Waals surface area contributed by atoms with Crippen LogP contribution in [0.5, 0.6) is 0 Å². The Kier molecular flexibility index (Phi) is 4.84. The molecular weight excluding hydrogens is 308 g/mol. The first kappa shape index (κ1) is 16.3. The van der Waals surface area contributed by atoms with Gasteiger partial charge in [-0.05, 0) is 86.1 Å². The van der Waals surface area contributed by atoms with Crippen molar-refractivity contribution in [3.05, 3.63) is 64.7 Å². The number of carbonyl (C=O) groups is 1. The normalized spacial score (nSPS) is 17.3. The lowest BCUT2D eigenvalue weighted by molar-refractivity contribution is 0.102. The Hall–Kier alpha value is -2.13. The van der Waals surface area contributed by atoms with Gasteiger partial charge < -0.3 is 5.32 Å². The smallest absolute Gasteiger partial charge is 0.255 e. The average molecular weight is 334 g/mol. The molecule has 3 nitrogen and oxygen atoms in total. The first-order valence-corrected chi connectivity index (χ1v) is 9.52. The zero-order chi connectivity index (χ0) is 17.1. The molecule has 1 fully saturated rings. The molecule has 1 aliphatic carbocycles. The van der Waals surface area contributed by atoms with Crippen LogP contribution in [0.4, 0.5) is 5.69 Å². The molecule has 2 aromatic carbocycles. The van der Waals surface area contributed by atoms with Crippen LogP contribution in [0, 0.1) is 0 Å². The van der Waals surface area contributed by atoms with E-state index in [0.717, 1.165) is 24.2 Å². The first-order chi connectivity index (χ1) is 12.3. The van der Waals surface area contributed by atoms with Crippen molar-refractivity contribution in [1.82, 2.24) is 4.90 Å². The van der Waals surface area contributed by atoms with Gasteiger partial charge in [0.2, 0.25) is 0 Å². The Labute approximate surface area is 150 Å². The Balaban J connectivity index is 1.38. The highest BCUT2D eigenvalue weighted by molar-refractivity contribution is 6.04. The van der Waals surface area contributed by atoms with Crippen molar-refractivity contribution in [2.45, 2.75) is 45.1 Å². The fourth-order valence-corrected chi connectivity index (χ4v) is 3.99. The predicted molar refractivity (Wildman–Crippen MR) is 102 cm³/mol. The molecule has 1 saturated heterocycles.